The van der Waals surface area contributed by atoms with Crippen molar-refractivity contribution in [3.05, 3.63) is 28.8 Å². The number of thioether (sulfide) groups is 1. The molecule has 0 aromatic heterocycles. The molecule has 0 heterocycles. The molecule has 16 heavy (non-hydrogen) atoms. The molecular formula is C12H18ClNOS. The molecule has 0 saturated heterocycles. The van der Waals surface area contributed by atoms with Crippen LogP contribution in [0, 0.1) is 0 Å². The molecule has 0 amide bonds. The molecule has 0 bridgehead atoms. The van der Waals surface area contributed by atoms with Gasteiger partial charge < -0.3 is 10.5 Å². The first-order valence-electron chi connectivity index (χ1n) is 5.47. The SMILES string of the molecule is CCSCCCOc1ccc(CN)cc1Cl. The van der Waals surface area contributed by atoms with Gasteiger partial charge in [0.25, 0.3) is 0 Å². The number of rotatable bonds is 7. The van der Waals surface area contributed by atoms with E-state index in [-0.39, 0.29) is 0 Å². The normalized spacial score (nSPS) is 10.4. The third kappa shape index (κ3) is 4.64. The second-order valence-corrected chi connectivity index (χ2v) is 5.17. The average Bonchev–Trinajstić information content (AvgIpc) is 2.30. The van der Waals surface area contributed by atoms with Gasteiger partial charge in [-0.05, 0) is 35.6 Å². The number of ether oxygens (including phenoxy) is 1. The summed E-state index contributed by atoms with van der Waals surface area (Å²) in [6, 6.07) is 5.69. The van der Waals surface area contributed by atoms with Crippen molar-refractivity contribution >= 4 is 23.4 Å². The van der Waals surface area contributed by atoms with E-state index in [2.05, 4.69) is 6.92 Å². The highest BCUT2D eigenvalue weighted by molar-refractivity contribution is 7.99. The van der Waals surface area contributed by atoms with Crippen LogP contribution in [0.15, 0.2) is 18.2 Å². The van der Waals surface area contributed by atoms with Crippen LogP contribution in [0.4, 0.5) is 0 Å². The van der Waals surface area contributed by atoms with Crippen LogP contribution < -0.4 is 10.5 Å². The Hall–Kier alpha value is -0.380. The number of halogens is 1. The van der Waals surface area contributed by atoms with E-state index in [1.54, 1.807) is 0 Å². The lowest BCUT2D eigenvalue weighted by Crippen LogP contribution is -2.01. The Kier molecular flexibility index (Phi) is 6.69. The molecule has 0 saturated carbocycles. The van der Waals surface area contributed by atoms with Crippen LogP contribution in [0.2, 0.25) is 5.02 Å². The Morgan fingerprint density at radius 3 is 2.88 bits per heavy atom. The van der Waals surface area contributed by atoms with Crippen molar-refractivity contribution in [2.24, 2.45) is 5.73 Å². The first-order chi connectivity index (χ1) is 7.77. The van der Waals surface area contributed by atoms with Crippen LogP contribution >= 0.6 is 23.4 Å². The van der Waals surface area contributed by atoms with Crippen LogP contribution in [-0.4, -0.2) is 18.1 Å². The summed E-state index contributed by atoms with van der Waals surface area (Å²) in [5.74, 6) is 3.04. The third-order valence-electron chi connectivity index (χ3n) is 2.13. The van der Waals surface area contributed by atoms with E-state index < -0.39 is 0 Å². The van der Waals surface area contributed by atoms with E-state index in [4.69, 9.17) is 22.1 Å². The maximum Gasteiger partial charge on any atom is 0.137 e. The highest BCUT2D eigenvalue weighted by atomic mass is 35.5. The summed E-state index contributed by atoms with van der Waals surface area (Å²) in [6.07, 6.45) is 1.05. The molecule has 0 unspecified atom stereocenters. The Bertz CT molecular complexity index is 320. The fourth-order valence-corrected chi connectivity index (χ4v) is 2.14. The van der Waals surface area contributed by atoms with Crippen LogP contribution in [0.5, 0.6) is 5.75 Å². The molecule has 0 radical (unpaired) electrons. The van der Waals surface area contributed by atoms with E-state index in [9.17, 15) is 0 Å². The average molecular weight is 260 g/mol. The maximum absolute atomic E-state index is 6.06. The van der Waals surface area contributed by atoms with Crippen molar-refractivity contribution < 1.29 is 4.74 Å². The first kappa shape index (κ1) is 13.7. The Morgan fingerprint density at radius 1 is 1.44 bits per heavy atom. The molecule has 4 heteroatoms. The van der Waals surface area contributed by atoms with Gasteiger partial charge in [-0.2, -0.15) is 11.8 Å². The molecule has 2 N–H and O–H groups in total. The van der Waals surface area contributed by atoms with Crippen LogP contribution in [0.3, 0.4) is 0 Å². The van der Waals surface area contributed by atoms with Crippen LogP contribution in [0.25, 0.3) is 0 Å². The van der Waals surface area contributed by atoms with Gasteiger partial charge in [0, 0.05) is 6.54 Å². The third-order valence-corrected chi connectivity index (χ3v) is 3.41. The standard InChI is InChI=1S/C12H18ClNOS/c1-2-16-7-3-6-15-12-5-4-10(9-14)8-11(12)13/h4-5,8H,2-3,6-7,9,14H2,1H3. The fourth-order valence-electron chi connectivity index (χ4n) is 1.28. The van der Waals surface area contributed by atoms with Crippen molar-refractivity contribution in [2.75, 3.05) is 18.1 Å². The Labute approximate surface area is 107 Å². The lowest BCUT2D eigenvalue weighted by molar-refractivity contribution is 0.319. The van der Waals surface area contributed by atoms with Gasteiger partial charge in [-0.15, -0.1) is 0 Å². The van der Waals surface area contributed by atoms with Crippen molar-refractivity contribution in [3.63, 3.8) is 0 Å². The van der Waals surface area contributed by atoms with Crippen molar-refractivity contribution in [1.82, 2.24) is 0 Å². The molecular weight excluding hydrogens is 242 g/mol. The molecule has 1 aromatic rings. The second-order valence-electron chi connectivity index (χ2n) is 3.37. The lowest BCUT2D eigenvalue weighted by atomic mass is 10.2. The van der Waals surface area contributed by atoms with Crippen molar-refractivity contribution in [2.45, 2.75) is 19.9 Å². The Morgan fingerprint density at radius 2 is 2.25 bits per heavy atom. The van der Waals surface area contributed by atoms with E-state index in [0.29, 0.717) is 18.2 Å². The zero-order valence-corrected chi connectivity index (χ0v) is 11.1. The van der Waals surface area contributed by atoms with Gasteiger partial charge in [-0.1, -0.05) is 24.6 Å². The zero-order valence-electron chi connectivity index (χ0n) is 9.54. The van der Waals surface area contributed by atoms with Crippen LogP contribution in [0.1, 0.15) is 18.9 Å². The summed E-state index contributed by atoms with van der Waals surface area (Å²) in [4.78, 5) is 0. The molecule has 0 aliphatic carbocycles. The molecule has 0 aliphatic heterocycles. The summed E-state index contributed by atoms with van der Waals surface area (Å²) in [5.41, 5.74) is 6.55. The highest BCUT2D eigenvalue weighted by Gasteiger charge is 2.02. The van der Waals surface area contributed by atoms with E-state index >= 15 is 0 Å². The van der Waals surface area contributed by atoms with E-state index in [0.717, 1.165) is 29.2 Å². The molecule has 2 nitrogen and oxygen atoms in total. The van der Waals surface area contributed by atoms with Crippen LogP contribution in [-0.2, 0) is 6.54 Å². The number of benzene rings is 1. The van der Waals surface area contributed by atoms with Gasteiger partial charge in [0.1, 0.15) is 5.75 Å². The first-order valence-corrected chi connectivity index (χ1v) is 7.00. The number of hydrogen-bond donors (Lipinski definition) is 1. The Balaban J connectivity index is 2.36. The maximum atomic E-state index is 6.06. The number of hydrogen-bond acceptors (Lipinski definition) is 3. The highest BCUT2D eigenvalue weighted by Crippen LogP contribution is 2.25. The number of nitrogens with two attached hydrogens (primary N) is 1. The summed E-state index contributed by atoms with van der Waals surface area (Å²) in [6.45, 7) is 3.38. The van der Waals surface area contributed by atoms with Gasteiger partial charge in [-0.25, -0.2) is 0 Å². The minimum atomic E-state index is 0.507. The molecule has 0 fully saturated rings. The minimum Gasteiger partial charge on any atom is -0.492 e. The van der Waals surface area contributed by atoms with Crippen molar-refractivity contribution in [1.29, 1.82) is 0 Å². The molecule has 0 atom stereocenters. The van der Waals surface area contributed by atoms with E-state index in [1.165, 1.54) is 0 Å². The summed E-state index contributed by atoms with van der Waals surface area (Å²) < 4.78 is 5.60. The quantitative estimate of drug-likeness (QED) is 0.763. The predicted octanol–water partition coefficient (Wildman–Crippen LogP) is 3.32. The zero-order chi connectivity index (χ0) is 11.8. The van der Waals surface area contributed by atoms with Gasteiger partial charge >= 0.3 is 0 Å². The predicted molar refractivity (Wildman–Crippen MR) is 72.5 cm³/mol. The largest absolute Gasteiger partial charge is 0.492 e. The second kappa shape index (κ2) is 7.82. The van der Waals surface area contributed by atoms with Crippen molar-refractivity contribution in [3.8, 4) is 5.75 Å². The summed E-state index contributed by atoms with van der Waals surface area (Å²) in [5, 5.41) is 0.645. The fraction of sp³-hybridized carbons (Fsp3) is 0.500. The molecule has 0 aliphatic rings. The monoisotopic (exact) mass is 259 g/mol. The van der Waals surface area contributed by atoms with Gasteiger partial charge in [0.15, 0.2) is 0 Å². The molecule has 1 rings (SSSR count). The molecule has 1 aromatic carbocycles. The van der Waals surface area contributed by atoms with Gasteiger partial charge in [0.05, 0.1) is 11.6 Å². The minimum absolute atomic E-state index is 0.507. The van der Waals surface area contributed by atoms with E-state index in [1.807, 2.05) is 30.0 Å². The van der Waals surface area contributed by atoms with Gasteiger partial charge in [-0.3, -0.25) is 0 Å². The lowest BCUT2D eigenvalue weighted by Gasteiger charge is -2.08. The molecule has 0 spiro atoms. The topological polar surface area (TPSA) is 35.2 Å². The van der Waals surface area contributed by atoms with Gasteiger partial charge in [0.2, 0.25) is 0 Å². The molecule has 90 valence electrons. The smallest absolute Gasteiger partial charge is 0.137 e. The summed E-state index contributed by atoms with van der Waals surface area (Å²) >= 11 is 7.99. The summed E-state index contributed by atoms with van der Waals surface area (Å²) in [7, 11) is 0.